The van der Waals surface area contributed by atoms with Crippen LogP contribution in [0.25, 0.3) is 0 Å². The van der Waals surface area contributed by atoms with Crippen LogP contribution in [0.2, 0.25) is 0 Å². The molecule has 0 saturated heterocycles. The van der Waals surface area contributed by atoms with E-state index in [2.05, 4.69) is 11.6 Å². The van der Waals surface area contributed by atoms with Gasteiger partial charge in [0.05, 0.1) is 11.3 Å². The summed E-state index contributed by atoms with van der Waals surface area (Å²) in [6, 6.07) is 17.6. The topological polar surface area (TPSA) is 95.9 Å². The monoisotopic (exact) mass is 386 g/mol. The fourth-order valence-electron chi connectivity index (χ4n) is 3.01. The minimum atomic E-state index is -0.0303. The molecule has 29 heavy (non-hydrogen) atoms. The number of hydrogen-bond donors (Lipinski definition) is 3. The predicted molar refractivity (Wildman–Crippen MR) is 116 cm³/mol. The summed E-state index contributed by atoms with van der Waals surface area (Å²) in [5, 5.41) is 20.8. The summed E-state index contributed by atoms with van der Waals surface area (Å²) < 4.78 is 0. The van der Waals surface area contributed by atoms with E-state index in [4.69, 9.17) is 5.73 Å². The molecule has 0 unspecified atom stereocenters. The van der Waals surface area contributed by atoms with E-state index in [9.17, 15) is 15.0 Å². The van der Waals surface area contributed by atoms with E-state index in [1.807, 2.05) is 12.1 Å². The number of benzene rings is 3. The molecule has 3 aromatic rings. The van der Waals surface area contributed by atoms with Gasteiger partial charge in [-0.1, -0.05) is 36.4 Å². The lowest BCUT2D eigenvalue weighted by Gasteiger charge is -2.11. The van der Waals surface area contributed by atoms with Crippen LogP contribution >= 0.6 is 0 Å². The standard InChI is InChI=1S/C24H22N2O3/c1-16(13-18-5-3-7-20(15-27)24(18)29)12-17-4-2-6-19(23(17)28)14-26-22-10-8-21(25)9-11-22/h2-11,14-15,28-29H,1,12-13,25H2. The van der Waals surface area contributed by atoms with Gasteiger partial charge in [-0.3, -0.25) is 9.79 Å². The summed E-state index contributed by atoms with van der Waals surface area (Å²) in [7, 11) is 0. The second-order valence-electron chi connectivity index (χ2n) is 6.78. The average Bonchev–Trinajstić information content (AvgIpc) is 2.71. The molecule has 0 heterocycles. The lowest BCUT2D eigenvalue weighted by atomic mass is 9.96. The van der Waals surface area contributed by atoms with E-state index in [1.165, 1.54) is 0 Å². The maximum Gasteiger partial charge on any atom is 0.153 e. The third-order valence-corrected chi connectivity index (χ3v) is 4.56. The van der Waals surface area contributed by atoms with E-state index < -0.39 is 0 Å². The molecule has 5 heteroatoms. The van der Waals surface area contributed by atoms with Gasteiger partial charge < -0.3 is 15.9 Å². The Balaban J connectivity index is 1.74. The van der Waals surface area contributed by atoms with E-state index in [0.717, 1.165) is 11.3 Å². The number of phenolic OH excluding ortho intramolecular Hbond substituents is 2. The number of hydrogen-bond acceptors (Lipinski definition) is 5. The molecular formula is C24H22N2O3. The normalized spacial score (nSPS) is 10.9. The lowest BCUT2D eigenvalue weighted by Crippen LogP contribution is -1.98. The number of para-hydroxylation sites is 2. The molecular weight excluding hydrogens is 364 g/mol. The van der Waals surface area contributed by atoms with Gasteiger partial charge in [0.15, 0.2) is 6.29 Å². The van der Waals surface area contributed by atoms with Crippen LogP contribution in [0.15, 0.2) is 77.8 Å². The SMILES string of the molecule is C=C(Cc1cccc(C=O)c1O)Cc1cccc(C=Nc2ccc(N)cc2)c1O. The first kappa shape index (κ1) is 19.9. The summed E-state index contributed by atoms with van der Waals surface area (Å²) in [5.41, 5.74) is 10.0. The minimum Gasteiger partial charge on any atom is -0.507 e. The van der Waals surface area contributed by atoms with E-state index in [0.29, 0.717) is 41.5 Å². The van der Waals surface area contributed by atoms with Crippen molar-refractivity contribution in [1.29, 1.82) is 0 Å². The van der Waals surface area contributed by atoms with Gasteiger partial charge in [-0.2, -0.15) is 0 Å². The van der Waals surface area contributed by atoms with Crippen LogP contribution in [0.4, 0.5) is 11.4 Å². The smallest absolute Gasteiger partial charge is 0.153 e. The van der Waals surface area contributed by atoms with E-state index in [-0.39, 0.29) is 17.1 Å². The first-order chi connectivity index (χ1) is 14.0. The number of rotatable bonds is 7. The van der Waals surface area contributed by atoms with Gasteiger partial charge in [0.2, 0.25) is 0 Å². The van der Waals surface area contributed by atoms with Gasteiger partial charge in [-0.25, -0.2) is 0 Å². The van der Waals surface area contributed by atoms with Crippen molar-refractivity contribution in [2.24, 2.45) is 4.99 Å². The van der Waals surface area contributed by atoms with Gasteiger partial charge in [-0.05, 0) is 60.4 Å². The maximum absolute atomic E-state index is 11.0. The van der Waals surface area contributed by atoms with Crippen LogP contribution in [0, 0.1) is 0 Å². The number of aliphatic imine (C=N–C) groups is 1. The minimum absolute atomic E-state index is 0.0303. The van der Waals surface area contributed by atoms with Crippen molar-refractivity contribution in [2.45, 2.75) is 12.8 Å². The molecule has 0 fully saturated rings. The number of nitrogen functional groups attached to an aromatic ring is 1. The summed E-state index contributed by atoms with van der Waals surface area (Å²) in [6.45, 7) is 4.06. The number of carbonyl (C=O) groups excluding carboxylic acids is 1. The molecule has 3 aromatic carbocycles. The van der Waals surface area contributed by atoms with Gasteiger partial charge in [0, 0.05) is 17.5 Å². The van der Waals surface area contributed by atoms with Crippen LogP contribution in [-0.4, -0.2) is 22.7 Å². The molecule has 0 bridgehead atoms. The van der Waals surface area contributed by atoms with Crippen LogP contribution in [0.3, 0.4) is 0 Å². The highest BCUT2D eigenvalue weighted by molar-refractivity contribution is 5.86. The average molecular weight is 386 g/mol. The van der Waals surface area contributed by atoms with E-state index in [1.54, 1.807) is 54.7 Å². The zero-order chi connectivity index (χ0) is 20.8. The number of aldehydes is 1. The highest BCUT2D eigenvalue weighted by Crippen LogP contribution is 2.28. The summed E-state index contributed by atoms with van der Waals surface area (Å²) in [6.07, 6.45) is 3.06. The Morgan fingerprint density at radius 1 is 0.897 bits per heavy atom. The Hall–Kier alpha value is -3.86. The Morgan fingerprint density at radius 2 is 1.45 bits per heavy atom. The zero-order valence-corrected chi connectivity index (χ0v) is 15.9. The number of carbonyl (C=O) groups is 1. The molecule has 5 nitrogen and oxygen atoms in total. The second kappa shape index (κ2) is 8.89. The predicted octanol–water partition coefficient (Wildman–Crippen LogP) is 4.58. The van der Waals surface area contributed by atoms with Crippen molar-refractivity contribution in [3.63, 3.8) is 0 Å². The molecule has 0 aliphatic rings. The first-order valence-corrected chi connectivity index (χ1v) is 9.11. The van der Waals surface area contributed by atoms with Crippen LogP contribution < -0.4 is 5.73 Å². The fraction of sp³-hybridized carbons (Fsp3) is 0.0833. The third kappa shape index (κ3) is 4.90. The van der Waals surface area contributed by atoms with Crippen molar-refractivity contribution in [1.82, 2.24) is 0 Å². The molecule has 0 aliphatic carbocycles. The Kier molecular flexibility index (Phi) is 6.09. The maximum atomic E-state index is 11.0. The van der Waals surface area contributed by atoms with Gasteiger partial charge in [0.1, 0.15) is 11.5 Å². The molecule has 0 aliphatic heterocycles. The fourth-order valence-corrected chi connectivity index (χ4v) is 3.01. The quantitative estimate of drug-likeness (QED) is 0.240. The molecule has 0 spiro atoms. The van der Waals surface area contributed by atoms with Crippen molar-refractivity contribution in [3.05, 3.63) is 95.1 Å². The highest BCUT2D eigenvalue weighted by Gasteiger charge is 2.11. The summed E-state index contributed by atoms with van der Waals surface area (Å²) >= 11 is 0. The molecule has 0 saturated carbocycles. The van der Waals surface area contributed by atoms with Gasteiger partial charge in [-0.15, -0.1) is 0 Å². The van der Waals surface area contributed by atoms with Crippen LogP contribution in [0.5, 0.6) is 11.5 Å². The van der Waals surface area contributed by atoms with Gasteiger partial charge in [0.25, 0.3) is 0 Å². The first-order valence-electron chi connectivity index (χ1n) is 9.11. The third-order valence-electron chi connectivity index (χ3n) is 4.56. The highest BCUT2D eigenvalue weighted by atomic mass is 16.3. The summed E-state index contributed by atoms with van der Waals surface area (Å²) in [5.74, 6) is 0.107. The number of aromatic hydroxyl groups is 2. The lowest BCUT2D eigenvalue weighted by molar-refractivity contribution is 0.112. The number of phenols is 2. The molecule has 4 N–H and O–H groups in total. The molecule has 0 radical (unpaired) electrons. The van der Waals surface area contributed by atoms with Crippen molar-refractivity contribution in [3.8, 4) is 11.5 Å². The number of anilines is 1. The van der Waals surface area contributed by atoms with Crippen molar-refractivity contribution < 1.29 is 15.0 Å². The van der Waals surface area contributed by atoms with Crippen LogP contribution in [0.1, 0.15) is 27.0 Å². The van der Waals surface area contributed by atoms with E-state index >= 15 is 0 Å². The summed E-state index contributed by atoms with van der Waals surface area (Å²) in [4.78, 5) is 15.4. The largest absolute Gasteiger partial charge is 0.507 e. The molecule has 0 aromatic heterocycles. The molecule has 0 atom stereocenters. The number of nitrogens with two attached hydrogens (primary N) is 1. The Bertz CT molecular complexity index is 1070. The van der Waals surface area contributed by atoms with Crippen molar-refractivity contribution in [2.75, 3.05) is 5.73 Å². The molecule has 0 amide bonds. The molecule has 3 rings (SSSR count). The second-order valence-corrected chi connectivity index (χ2v) is 6.78. The van der Waals surface area contributed by atoms with Crippen LogP contribution in [-0.2, 0) is 12.8 Å². The molecule has 146 valence electrons. The van der Waals surface area contributed by atoms with Crippen molar-refractivity contribution >= 4 is 23.9 Å². The Labute approximate surface area is 169 Å². The van der Waals surface area contributed by atoms with Gasteiger partial charge >= 0.3 is 0 Å². The Morgan fingerprint density at radius 3 is 2.03 bits per heavy atom. The number of nitrogens with zero attached hydrogens (tertiary/aromatic N) is 1. The zero-order valence-electron chi connectivity index (χ0n) is 15.9. The number of allylic oxidation sites excluding steroid dienone is 1.